The molecule has 0 amide bonds. The van der Waals surface area contributed by atoms with Crippen molar-refractivity contribution in [1.29, 1.82) is 0 Å². The Kier molecular flexibility index (Phi) is 5.59. The summed E-state index contributed by atoms with van der Waals surface area (Å²) in [6, 6.07) is 2.83. The van der Waals surface area contributed by atoms with Gasteiger partial charge in [-0.3, -0.25) is 0 Å². The Labute approximate surface area is 140 Å². The summed E-state index contributed by atoms with van der Waals surface area (Å²) in [5.74, 6) is -0.788. The number of halogens is 4. The minimum absolute atomic E-state index is 0.312. The molecule has 1 fully saturated rings. The van der Waals surface area contributed by atoms with E-state index in [2.05, 4.69) is 25.4 Å². The highest BCUT2D eigenvalue weighted by atomic mass is 79.9. The number of alkyl halides is 3. The van der Waals surface area contributed by atoms with Crippen molar-refractivity contribution < 1.29 is 31.4 Å². The lowest BCUT2D eigenvalue weighted by Crippen LogP contribution is -2.38. The zero-order valence-corrected chi connectivity index (χ0v) is 14.2. The van der Waals surface area contributed by atoms with Crippen LogP contribution in [0.25, 0.3) is 0 Å². The van der Waals surface area contributed by atoms with E-state index < -0.39 is 39.2 Å². The molecule has 0 spiro atoms. The number of nitrogens with one attached hydrogen (secondary N) is 1. The molecule has 5 nitrogen and oxygen atoms in total. The Morgan fingerprint density at radius 1 is 1.22 bits per heavy atom. The second-order valence-electron chi connectivity index (χ2n) is 5.27. The molecule has 1 aliphatic carbocycles. The Morgan fingerprint density at radius 3 is 2.39 bits per heavy atom. The molecule has 1 aromatic rings. The van der Waals surface area contributed by atoms with Crippen LogP contribution in [0.15, 0.2) is 27.6 Å². The van der Waals surface area contributed by atoms with Crippen LogP contribution in [0.5, 0.6) is 5.75 Å². The normalized spacial score (nSPS) is 22.8. The van der Waals surface area contributed by atoms with Crippen LogP contribution >= 0.6 is 15.9 Å². The van der Waals surface area contributed by atoms with Gasteiger partial charge in [0.1, 0.15) is 10.6 Å². The van der Waals surface area contributed by atoms with Gasteiger partial charge < -0.3 is 9.84 Å². The van der Waals surface area contributed by atoms with Crippen molar-refractivity contribution in [2.24, 2.45) is 0 Å². The quantitative estimate of drug-likeness (QED) is 0.789. The SMILES string of the molecule is O=S(=O)(NC1CCC(O)CC1)c1cc(Br)ccc1OC(F)(F)F. The van der Waals surface area contributed by atoms with E-state index in [-0.39, 0.29) is 0 Å². The van der Waals surface area contributed by atoms with Crippen LogP contribution in [0.2, 0.25) is 0 Å². The number of benzene rings is 1. The molecule has 23 heavy (non-hydrogen) atoms. The van der Waals surface area contributed by atoms with Crippen molar-refractivity contribution in [2.45, 2.75) is 49.1 Å². The molecule has 2 N–H and O–H groups in total. The second kappa shape index (κ2) is 6.96. The maximum absolute atomic E-state index is 12.4. The lowest BCUT2D eigenvalue weighted by molar-refractivity contribution is -0.275. The molecule has 1 aliphatic rings. The second-order valence-corrected chi connectivity index (χ2v) is 7.86. The number of aliphatic hydroxyl groups excluding tert-OH is 1. The number of sulfonamides is 1. The number of rotatable bonds is 4. The maximum atomic E-state index is 12.4. The number of ether oxygens (including phenoxy) is 1. The van der Waals surface area contributed by atoms with Crippen molar-refractivity contribution >= 4 is 26.0 Å². The fourth-order valence-corrected chi connectivity index (χ4v) is 4.35. The van der Waals surface area contributed by atoms with Crippen molar-refractivity contribution in [3.8, 4) is 5.75 Å². The third kappa shape index (κ3) is 5.33. The molecule has 0 radical (unpaired) electrons. The lowest BCUT2D eigenvalue weighted by atomic mass is 9.94. The van der Waals surface area contributed by atoms with Crippen LogP contribution in [0.4, 0.5) is 13.2 Å². The molecule has 0 heterocycles. The van der Waals surface area contributed by atoms with E-state index in [1.54, 1.807) is 0 Å². The molecule has 1 aromatic carbocycles. The highest BCUT2D eigenvalue weighted by Crippen LogP contribution is 2.32. The average Bonchev–Trinajstić information content (AvgIpc) is 2.41. The summed E-state index contributed by atoms with van der Waals surface area (Å²) in [4.78, 5) is -0.588. The van der Waals surface area contributed by atoms with Crippen LogP contribution in [0.1, 0.15) is 25.7 Å². The Balaban J connectivity index is 2.26. The van der Waals surface area contributed by atoms with Crippen molar-refractivity contribution in [1.82, 2.24) is 4.72 Å². The van der Waals surface area contributed by atoms with E-state index in [4.69, 9.17) is 0 Å². The van der Waals surface area contributed by atoms with E-state index in [1.807, 2.05) is 0 Å². The fourth-order valence-electron chi connectivity index (χ4n) is 2.38. The largest absolute Gasteiger partial charge is 0.573 e. The summed E-state index contributed by atoms with van der Waals surface area (Å²) in [5, 5.41) is 9.42. The molecule has 1 saturated carbocycles. The summed E-state index contributed by atoms with van der Waals surface area (Å²) in [6.45, 7) is 0. The molecule has 0 saturated heterocycles. The molecule has 0 unspecified atom stereocenters. The first-order valence-electron chi connectivity index (χ1n) is 6.82. The topological polar surface area (TPSA) is 75.6 Å². The fraction of sp³-hybridized carbons (Fsp3) is 0.538. The maximum Gasteiger partial charge on any atom is 0.573 e. The Morgan fingerprint density at radius 2 is 1.83 bits per heavy atom. The molecule has 0 aliphatic heterocycles. The molecule has 2 rings (SSSR count). The monoisotopic (exact) mass is 417 g/mol. The first-order valence-corrected chi connectivity index (χ1v) is 9.10. The molecular weight excluding hydrogens is 403 g/mol. The van der Waals surface area contributed by atoms with Gasteiger partial charge in [0.2, 0.25) is 10.0 Å². The van der Waals surface area contributed by atoms with Crippen molar-refractivity contribution in [3.05, 3.63) is 22.7 Å². The van der Waals surface area contributed by atoms with Gasteiger partial charge >= 0.3 is 6.36 Å². The van der Waals surface area contributed by atoms with Gasteiger partial charge in [0.25, 0.3) is 0 Å². The summed E-state index contributed by atoms with van der Waals surface area (Å²) in [6.07, 6.45) is -3.73. The zero-order valence-electron chi connectivity index (χ0n) is 11.8. The van der Waals surface area contributed by atoms with Gasteiger partial charge in [-0.2, -0.15) is 0 Å². The van der Waals surface area contributed by atoms with E-state index >= 15 is 0 Å². The van der Waals surface area contributed by atoms with Crippen LogP contribution in [0.3, 0.4) is 0 Å². The Bertz CT molecular complexity index is 658. The highest BCUT2D eigenvalue weighted by Gasteiger charge is 2.35. The van der Waals surface area contributed by atoms with Crippen LogP contribution in [-0.4, -0.2) is 32.0 Å². The summed E-state index contributed by atoms with van der Waals surface area (Å²) >= 11 is 3.04. The summed E-state index contributed by atoms with van der Waals surface area (Å²) < 4.78 is 68.6. The van der Waals surface area contributed by atoms with E-state index in [0.29, 0.717) is 30.2 Å². The van der Waals surface area contributed by atoms with Gasteiger partial charge in [0, 0.05) is 10.5 Å². The minimum Gasteiger partial charge on any atom is -0.404 e. The van der Waals surface area contributed by atoms with Crippen LogP contribution < -0.4 is 9.46 Å². The van der Waals surface area contributed by atoms with Crippen LogP contribution in [0, 0.1) is 0 Å². The first-order chi connectivity index (χ1) is 10.6. The van der Waals surface area contributed by atoms with Gasteiger partial charge in [-0.1, -0.05) is 15.9 Å². The average molecular weight is 418 g/mol. The minimum atomic E-state index is -4.99. The van der Waals surface area contributed by atoms with Crippen molar-refractivity contribution in [3.63, 3.8) is 0 Å². The molecule has 0 aromatic heterocycles. The first kappa shape index (κ1) is 18.5. The zero-order chi connectivity index (χ0) is 17.3. The smallest absolute Gasteiger partial charge is 0.404 e. The predicted octanol–water partition coefficient (Wildman–Crippen LogP) is 2.93. The van der Waals surface area contributed by atoms with E-state index in [1.165, 1.54) is 6.07 Å². The van der Waals surface area contributed by atoms with E-state index in [9.17, 15) is 26.7 Å². The Hall–Kier alpha value is -0.840. The van der Waals surface area contributed by atoms with Gasteiger partial charge in [-0.15, -0.1) is 13.2 Å². The van der Waals surface area contributed by atoms with Gasteiger partial charge in [-0.05, 0) is 43.9 Å². The molecular formula is C13H15BrF3NO4S. The highest BCUT2D eigenvalue weighted by molar-refractivity contribution is 9.10. The van der Waals surface area contributed by atoms with Gasteiger partial charge in [0.05, 0.1) is 6.10 Å². The lowest BCUT2D eigenvalue weighted by Gasteiger charge is -2.26. The molecule has 0 bridgehead atoms. The van der Waals surface area contributed by atoms with Gasteiger partial charge in [0.15, 0.2) is 0 Å². The summed E-state index contributed by atoms with van der Waals surface area (Å²) in [5.41, 5.74) is 0. The summed E-state index contributed by atoms with van der Waals surface area (Å²) in [7, 11) is -4.19. The van der Waals surface area contributed by atoms with Crippen LogP contribution in [-0.2, 0) is 10.0 Å². The molecule has 0 atom stereocenters. The third-order valence-corrected chi connectivity index (χ3v) is 5.47. The molecule has 130 valence electrons. The standard InChI is InChI=1S/C13H15BrF3NO4S/c14-8-1-6-11(22-13(15,16)17)12(7-8)23(20,21)18-9-2-4-10(19)5-3-9/h1,6-7,9-10,18-19H,2-5H2. The third-order valence-electron chi connectivity index (χ3n) is 3.44. The van der Waals surface area contributed by atoms with Crippen molar-refractivity contribution in [2.75, 3.05) is 0 Å². The number of hydrogen-bond acceptors (Lipinski definition) is 4. The van der Waals surface area contributed by atoms with E-state index in [0.717, 1.165) is 12.1 Å². The molecule has 10 heteroatoms. The number of hydrogen-bond donors (Lipinski definition) is 2. The predicted molar refractivity (Wildman–Crippen MR) is 79.4 cm³/mol. The van der Waals surface area contributed by atoms with Gasteiger partial charge in [-0.25, -0.2) is 13.1 Å². The number of aliphatic hydroxyl groups is 1.